The zero-order chi connectivity index (χ0) is 17.9. The first-order chi connectivity index (χ1) is 11.5. The molecule has 0 aliphatic carbocycles. The molecule has 6 nitrogen and oxygen atoms in total. The Bertz CT molecular complexity index is 573. The molecule has 1 amide bonds. The predicted molar refractivity (Wildman–Crippen MR) is 115 cm³/mol. The van der Waals surface area contributed by atoms with E-state index in [1.807, 2.05) is 13.8 Å². The predicted octanol–water partition coefficient (Wildman–Crippen LogP) is 2.93. The van der Waals surface area contributed by atoms with Crippen molar-refractivity contribution in [3.05, 3.63) is 33.8 Å². The maximum atomic E-state index is 12.0. The first-order valence-electron chi connectivity index (χ1n) is 7.75. The number of guanidine groups is 1. The number of halogens is 3. The minimum Gasteiger partial charge on any atom is -0.383 e. The molecule has 1 aromatic rings. The van der Waals surface area contributed by atoms with Gasteiger partial charge in [0.15, 0.2) is 5.96 Å². The Hall–Kier alpha value is -0.770. The van der Waals surface area contributed by atoms with E-state index < -0.39 is 0 Å². The van der Waals surface area contributed by atoms with Gasteiger partial charge in [-0.1, -0.05) is 23.2 Å². The van der Waals surface area contributed by atoms with Gasteiger partial charge in [0, 0.05) is 31.8 Å². The number of nitrogens with one attached hydrogen (secondary N) is 3. The molecule has 3 N–H and O–H groups in total. The number of hydrogen-bond acceptors (Lipinski definition) is 3. The van der Waals surface area contributed by atoms with E-state index >= 15 is 0 Å². The highest BCUT2D eigenvalue weighted by Gasteiger charge is 2.08. The Kier molecular flexibility index (Phi) is 13.0. The van der Waals surface area contributed by atoms with Gasteiger partial charge in [-0.25, -0.2) is 0 Å². The minimum atomic E-state index is -0.213. The fourth-order valence-corrected chi connectivity index (χ4v) is 2.22. The molecule has 142 valence electrons. The summed E-state index contributed by atoms with van der Waals surface area (Å²) in [7, 11) is 1.65. The summed E-state index contributed by atoms with van der Waals surface area (Å²) in [6, 6.07) is 4.91. The lowest BCUT2D eigenvalue weighted by Crippen LogP contribution is -2.44. The Morgan fingerprint density at radius 3 is 2.60 bits per heavy atom. The normalized spacial score (nSPS) is 12.1. The lowest BCUT2D eigenvalue weighted by Gasteiger charge is -2.17. The van der Waals surface area contributed by atoms with Crippen LogP contribution >= 0.6 is 47.2 Å². The molecule has 9 heteroatoms. The summed E-state index contributed by atoms with van der Waals surface area (Å²) in [6.07, 6.45) is 0. The van der Waals surface area contributed by atoms with E-state index in [0.717, 1.165) is 6.54 Å². The number of benzene rings is 1. The Morgan fingerprint density at radius 2 is 2.00 bits per heavy atom. The van der Waals surface area contributed by atoms with Gasteiger partial charge in [-0.15, -0.1) is 24.0 Å². The van der Waals surface area contributed by atoms with Crippen molar-refractivity contribution >= 4 is 59.0 Å². The fraction of sp³-hybridized carbons (Fsp3) is 0.500. The van der Waals surface area contributed by atoms with Gasteiger partial charge in [0.05, 0.1) is 23.2 Å². The number of methoxy groups -OCH3 is 1. The lowest BCUT2D eigenvalue weighted by atomic mass is 10.2. The molecular formula is C16H25Cl2IN4O2. The number of carbonyl (C=O) groups excluding carboxylic acids is 1. The van der Waals surface area contributed by atoms with Crippen LogP contribution in [-0.4, -0.2) is 51.3 Å². The molecule has 0 saturated heterocycles. The van der Waals surface area contributed by atoms with E-state index in [2.05, 4.69) is 20.9 Å². The van der Waals surface area contributed by atoms with Crippen LogP contribution in [0.4, 0.5) is 0 Å². The third kappa shape index (κ3) is 9.48. The molecule has 0 spiro atoms. The first-order valence-corrected chi connectivity index (χ1v) is 8.50. The van der Waals surface area contributed by atoms with Crippen LogP contribution in [-0.2, 0) is 4.74 Å². The Morgan fingerprint density at radius 1 is 1.28 bits per heavy atom. The van der Waals surface area contributed by atoms with E-state index in [4.69, 9.17) is 27.9 Å². The molecule has 0 aromatic heterocycles. The molecule has 0 aliphatic heterocycles. The number of hydrogen-bond donors (Lipinski definition) is 3. The number of amides is 1. The molecule has 0 radical (unpaired) electrons. The molecule has 0 aliphatic rings. The summed E-state index contributed by atoms with van der Waals surface area (Å²) in [5, 5.41) is 9.93. The summed E-state index contributed by atoms with van der Waals surface area (Å²) >= 11 is 11.7. The largest absolute Gasteiger partial charge is 0.383 e. The molecule has 1 aromatic carbocycles. The minimum absolute atomic E-state index is 0. The third-order valence-corrected chi connectivity index (χ3v) is 3.73. The van der Waals surface area contributed by atoms with Crippen LogP contribution < -0.4 is 16.0 Å². The molecule has 0 saturated carbocycles. The molecule has 0 bridgehead atoms. The smallest absolute Gasteiger partial charge is 0.251 e. The van der Waals surface area contributed by atoms with Crippen molar-refractivity contribution < 1.29 is 9.53 Å². The first kappa shape index (κ1) is 24.2. The van der Waals surface area contributed by atoms with Crippen LogP contribution in [0, 0.1) is 0 Å². The molecule has 25 heavy (non-hydrogen) atoms. The lowest BCUT2D eigenvalue weighted by molar-refractivity contribution is 0.0955. The van der Waals surface area contributed by atoms with Gasteiger partial charge in [-0.2, -0.15) is 0 Å². The van der Waals surface area contributed by atoms with E-state index in [-0.39, 0.29) is 35.9 Å². The Balaban J connectivity index is 0.00000576. The number of aliphatic imine (C=N–C) groups is 1. The molecule has 1 atom stereocenters. The summed E-state index contributed by atoms with van der Waals surface area (Å²) < 4.78 is 5.08. The van der Waals surface area contributed by atoms with E-state index in [0.29, 0.717) is 41.3 Å². The van der Waals surface area contributed by atoms with Crippen molar-refractivity contribution in [2.24, 2.45) is 4.99 Å². The fourth-order valence-electron chi connectivity index (χ4n) is 1.92. The van der Waals surface area contributed by atoms with Crippen molar-refractivity contribution in [2.45, 2.75) is 19.9 Å². The monoisotopic (exact) mass is 502 g/mol. The summed E-state index contributed by atoms with van der Waals surface area (Å²) in [6.45, 7) is 6.18. The van der Waals surface area contributed by atoms with Gasteiger partial charge in [-0.05, 0) is 32.0 Å². The van der Waals surface area contributed by atoms with Crippen LogP contribution in [0.15, 0.2) is 23.2 Å². The van der Waals surface area contributed by atoms with Crippen molar-refractivity contribution in [3.8, 4) is 0 Å². The highest BCUT2D eigenvalue weighted by molar-refractivity contribution is 14.0. The summed E-state index contributed by atoms with van der Waals surface area (Å²) in [4.78, 5) is 16.4. The third-order valence-electron chi connectivity index (χ3n) is 2.99. The summed E-state index contributed by atoms with van der Waals surface area (Å²) in [5.74, 6) is 0.473. The number of ether oxygens (including phenoxy) is 1. The van der Waals surface area contributed by atoms with E-state index in [9.17, 15) is 4.79 Å². The second kappa shape index (κ2) is 13.4. The average molecular weight is 503 g/mol. The SMILES string of the molecule is CCNC(=NCCNC(=O)c1ccc(Cl)c(Cl)c1)NC(C)COC.I. The molecular weight excluding hydrogens is 478 g/mol. The van der Waals surface area contributed by atoms with Gasteiger partial charge in [0.1, 0.15) is 0 Å². The topological polar surface area (TPSA) is 74.8 Å². The highest BCUT2D eigenvalue weighted by atomic mass is 127. The zero-order valence-corrected chi connectivity index (χ0v) is 18.4. The van der Waals surface area contributed by atoms with Crippen LogP contribution in [0.2, 0.25) is 10.0 Å². The highest BCUT2D eigenvalue weighted by Crippen LogP contribution is 2.22. The van der Waals surface area contributed by atoms with Crippen molar-refractivity contribution in [1.29, 1.82) is 0 Å². The zero-order valence-electron chi connectivity index (χ0n) is 14.6. The van der Waals surface area contributed by atoms with Gasteiger partial charge >= 0.3 is 0 Å². The van der Waals surface area contributed by atoms with Gasteiger partial charge in [0.25, 0.3) is 5.91 Å². The standard InChI is InChI=1S/C16H24Cl2N4O2.HI/c1-4-19-16(22-11(2)10-24-3)21-8-7-20-15(23)12-5-6-13(17)14(18)9-12;/h5-6,9,11H,4,7-8,10H2,1-3H3,(H,20,23)(H2,19,21,22);1H. The van der Waals surface area contributed by atoms with E-state index in [1.165, 1.54) is 0 Å². The molecule has 0 fully saturated rings. The van der Waals surface area contributed by atoms with Crippen LogP contribution in [0.5, 0.6) is 0 Å². The van der Waals surface area contributed by atoms with Crippen molar-refractivity contribution in [1.82, 2.24) is 16.0 Å². The van der Waals surface area contributed by atoms with Crippen LogP contribution in [0.3, 0.4) is 0 Å². The maximum absolute atomic E-state index is 12.0. The quantitative estimate of drug-likeness (QED) is 0.221. The number of rotatable bonds is 8. The second-order valence-electron chi connectivity index (χ2n) is 5.15. The summed E-state index contributed by atoms with van der Waals surface area (Å²) in [5.41, 5.74) is 0.465. The second-order valence-corrected chi connectivity index (χ2v) is 5.96. The maximum Gasteiger partial charge on any atom is 0.251 e. The van der Waals surface area contributed by atoms with Crippen molar-refractivity contribution in [2.75, 3.05) is 33.4 Å². The van der Waals surface area contributed by atoms with Gasteiger partial charge in [0.2, 0.25) is 0 Å². The van der Waals surface area contributed by atoms with Crippen molar-refractivity contribution in [3.63, 3.8) is 0 Å². The van der Waals surface area contributed by atoms with E-state index in [1.54, 1.807) is 25.3 Å². The van der Waals surface area contributed by atoms with Gasteiger partial charge < -0.3 is 20.7 Å². The van der Waals surface area contributed by atoms with Gasteiger partial charge in [-0.3, -0.25) is 9.79 Å². The van der Waals surface area contributed by atoms with Crippen LogP contribution in [0.1, 0.15) is 24.2 Å². The number of nitrogens with zero attached hydrogens (tertiary/aromatic N) is 1. The number of carbonyl (C=O) groups is 1. The average Bonchev–Trinajstić information content (AvgIpc) is 2.54. The molecule has 0 heterocycles. The Labute approximate surface area is 176 Å². The molecule has 1 rings (SSSR count). The van der Waals surface area contributed by atoms with Crippen LogP contribution in [0.25, 0.3) is 0 Å². The molecule has 1 unspecified atom stereocenters.